The highest BCUT2D eigenvalue weighted by Gasteiger charge is 2.49. The van der Waals surface area contributed by atoms with E-state index in [9.17, 15) is 4.79 Å². The van der Waals surface area contributed by atoms with Crippen molar-refractivity contribution < 1.29 is 23.7 Å². The number of pyridine rings is 1. The van der Waals surface area contributed by atoms with E-state index in [4.69, 9.17) is 18.9 Å². The van der Waals surface area contributed by atoms with Crippen LogP contribution in [-0.4, -0.2) is 35.2 Å². The molecule has 1 aromatic carbocycles. The minimum Gasteiger partial charge on any atom is -0.494 e. The number of aromatic nitrogens is 1. The molecular formula is C30H30N2O5. The third-order valence-corrected chi connectivity index (χ3v) is 7.60. The summed E-state index contributed by atoms with van der Waals surface area (Å²) >= 11 is 0. The normalized spacial score (nSPS) is 25.4. The van der Waals surface area contributed by atoms with Gasteiger partial charge in [-0.05, 0) is 67.7 Å². The first kappa shape index (κ1) is 23.4. The lowest BCUT2D eigenvalue weighted by Gasteiger charge is -2.34. The Morgan fingerprint density at radius 2 is 2.08 bits per heavy atom. The third-order valence-electron chi connectivity index (χ3n) is 7.60. The first-order valence-electron chi connectivity index (χ1n) is 12.8. The predicted octanol–water partition coefficient (Wildman–Crippen LogP) is 6.60. The summed E-state index contributed by atoms with van der Waals surface area (Å²) in [5.41, 5.74) is 2.56. The largest absolute Gasteiger partial charge is 0.494 e. The van der Waals surface area contributed by atoms with E-state index < -0.39 is 5.60 Å². The number of allylic oxidation sites excluding steroid dienone is 5. The molecule has 1 saturated heterocycles. The van der Waals surface area contributed by atoms with E-state index in [2.05, 4.69) is 29.3 Å². The van der Waals surface area contributed by atoms with Crippen molar-refractivity contribution in [3.8, 4) is 5.75 Å². The maximum absolute atomic E-state index is 12.9. The lowest BCUT2D eigenvalue weighted by Crippen LogP contribution is -2.38. The molecule has 190 valence electrons. The highest BCUT2D eigenvalue weighted by Crippen LogP contribution is 2.42. The topological polar surface area (TPSA) is 70.1 Å². The van der Waals surface area contributed by atoms with Gasteiger partial charge in [0, 0.05) is 11.6 Å². The Labute approximate surface area is 216 Å². The summed E-state index contributed by atoms with van der Waals surface area (Å²) in [6, 6.07) is 8.02. The van der Waals surface area contributed by atoms with Crippen LogP contribution >= 0.6 is 0 Å². The fourth-order valence-corrected chi connectivity index (χ4v) is 5.51. The van der Waals surface area contributed by atoms with Crippen molar-refractivity contribution in [1.29, 1.82) is 0 Å². The molecular weight excluding hydrogens is 468 g/mol. The van der Waals surface area contributed by atoms with Gasteiger partial charge in [0.05, 0.1) is 13.7 Å². The zero-order valence-corrected chi connectivity index (χ0v) is 20.9. The Hall–Kier alpha value is -4.00. The van der Waals surface area contributed by atoms with Gasteiger partial charge in [0.2, 0.25) is 5.88 Å². The van der Waals surface area contributed by atoms with Crippen molar-refractivity contribution in [2.75, 3.05) is 13.7 Å². The van der Waals surface area contributed by atoms with Gasteiger partial charge in [-0.25, -0.2) is 9.69 Å². The van der Waals surface area contributed by atoms with Crippen LogP contribution in [0.25, 0.3) is 17.0 Å². The van der Waals surface area contributed by atoms with E-state index in [1.807, 2.05) is 36.5 Å². The lowest BCUT2D eigenvalue weighted by molar-refractivity contribution is 0.0183. The van der Waals surface area contributed by atoms with Gasteiger partial charge >= 0.3 is 6.09 Å². The first-order chi connectivity index (χ1) is 18.1. The van der Waals surface area contributed by atoms with Crippen LogP contribution in [0, 0.1) is 5.92 Å². The molecule has 2 fully saturated rings. The number of hydrogen-bond acceptors (Lipinski definition) is 6. The fourth-order valence-electron chi connectivity index (χ4n) is 5.51. The smallest absolute Gasteiger partial charge is 0.417 e. The number of benzene rings is 1. The van der Waals surface area contributed by atoms with E-state index in [-0.39, 0.29) is 6.09 Å². The van der Waals surface area contributed by atoms with Crippen LogP contribution in [0.4, 0.5) is 4.79 Å². The van der Waals surface area contributed by atoms with Gasteiger partial charge in [0.25, 0.3) is 0 Å². The van der Waals surface area contributed by atoms with Crippen molar-refractivity contribution in [2.24, 2.45) is 5.92 Å². The average Bonchev–Trinajstić information content (AvgIpc) is 3.28. The second-order valence-corrected chi connectivity index (χ2v) is 9.93. The van der Waals surface area contributed by atoms with Crippen LogP contribution in [-0.2, 0) is 14.2 Å². The van der Waals surface area contributed by atoms with Crippen molar-refractivity contribution in [1.82, 2.24) is 9.88 Å². The Balaban J connectivity index is 1.10. The summed E-state index contributed by atoms with van der Waals surface area (Å²) in [4.78, 5) is 18.9. The molecule has 1 aromatic heterocycles. The Morgan fingerprint density at radius 3 is 2.89 bits per heavy atom. The van der Waals surface area contributed by atoms with Gasteiger partial charge in [-0.3, -0.25) is 4.98 Å². The first-order valence-corrected chi connectivity index (χ1v) is 12.8. The molecule has 2 aromatic rings. The molecule has 0 unspecified atom stereocenters. The molecule has 1 saturated carbocycles. The number of carbonyl (C=O) groups is 1. The van der Waals surface area contributed by atoms with E-state index in [1.165, 1.54) is 6.26 Å². The molecule has 0 atom stereocenters. The van der Waals surface area contributed by atoms with Crippen LogP contribution in [0.1, 0.15) is 44.1 Å². The van der Waals surface area contributed by atoms with E-state index in [0.717, 1.165) is 66.3 Å². The number of amides is 1. The molecule has 4 aliphatic rings. The molecule has 7 heteroatoms. The van der Waals surface area contributed by atoms with Crippen molar-refractivity contribution >= 4 is 23.1 Å². The molecule has 2 aliphatic heterocycles. The van der Waals surface area contributed by atoms with Crippen LogP contribution in [0.5, 0.6) is 5.75 Å². The second-order valence-electron chi connectivity index (χ2n) is 9.93. The van der Waals surface area contributed by atoms with Crippen molar-refractivity contribution in [2.45, 2.75) is 44.1 Å². The van der Waals surface area contributed by atoms with Crippen LogP contribution in [0.3, 0.4) is 0 Å². The summed E-state index contributed by atoms with van der Waals surface area (Å²) in [7, 11) is 1.67. The number of hydrogen-bond donors (Lipinski definition) is 0. The number of carbonyl (C=O) groups excluding carboxylic acids is 1. The molecule has 0 bridgehead atoms. The van der Waals surface area contributed by atoms with Gasteiger partial charge in [0.1, 0.15) is 23.1 Å². The van der Waals surface area contributed by atoms with Crippen LogP contribution in [0.2, 0.25) is 0 Å². The third kappa shape index (κ3) is 4.61. The van der Waals surface area contributed by atoms with Gasteiger partial charge in [-0.15, -0.1) is 0 Å². The van der Waals surface area contributed by atoms with Crippen molar-refractivity contribution in [3.63, 3.8) is 0 Å². The minimum atomic E-state index is -0.490. The van der Waals surface area contributed by atoms with E-state index in [1.54, 1.807) is 18.3 Å². The summed E-state index contributed by atoms with van der Waals surface area (Å²) < 4.78 is 23.0. The van der Waals surface area contributed by atoms with Crippen molar-refractivity contribution in [3.05, 3.63) is 90.1 Å². The highest BCUT2D eigenvalue weighted by molar-refractivity contribution is 5.91. The number of nitrogens with zero attached hydrogens (tertiary/aromatic N) is 2. The zero-order chi connectivity index (χ0) is 25.2. The monoisotopic (exact) mass is 498 g/mol. The molecule has 1 spiro atoms. The fraction of sp³-hybridized carbons (Fsp3) is 0.333. The van der Waals surface area contributed by atoms with Crippen LogP contribution in [0.15, 0.2) is 84.5 Å². The molecule has 37 heavy (non-hydrogen) atoms. The standard InChI is InChI=1S/C30H30N2O5/c1-34-25-9-5-8-24-22(14-17-31-28(24)25)11-10-21-12-15-30(16-13-21)20-32(29(33)37-30)27-19-35-18-26(36-27)23-6-3-2-4-7-23/h2-3,5-6,8-11,14,17-19,21H,4,7,12-13,15-16,20H2,1H3/b11-10+. The molecule has 2 aliphatic carbocycles. The van der Waals surface area contributed by atoms with Crippen LogP contribution < -0.4 is 4.74 Å². The summed E-state index contributed by atoms with van der Waals surface area (Å²) in [5, 5.41) is 1.07. The Morgan fingerprint density at radius 1 is 1.19 bits per heavy atom. The summed E-state index contributed by atoms with van der Waals surface area (Å²) in [5.74, 6) is 2.22. The Kier molecular flexibility index (Phi) is 6.20. The van der Waals surface area contributed by atoms with Gasteiger partial charge in [-0.1, -0.05) is 42.5 Å². The SMILES string of the molecule is COc1cccc2c(/C=C/C3CCC4(CC3)CN(C3=COC=C(C5=CC=CCC5)O3)C(=O)O4)ccnc12. The predicted molar refractivity (Wildman–Crippen MR) is 140 cm³/mol. The summed E-state index contributed by atoms with van der Waals surface area (Å²) in [6.07, 6.45) is 20.5. The maximum atomic E-state index is 12.9. The van der Waals surface area contributed by atoms with Gasteiger partial charge in [0.15, 0.2) is 12.0 Å². The number of methoxy groups -OCH3 is 1. The molecule has 6 rings (SSSR count). The Bertz CT molecular complexity index is 1360. The molecule has 0 radical (unpaired) electrons. The van der Waals surface area contributed by atoms with E-state index in [0.29, 0.717) is 24.1 Å². The molecule has 0 N–H and O–H groups in total. The van der Waals surface area contributed by atoms with Gasteiger partial charge in [-0.2, -0.15) is 0 Å². The quantitative estimate of drug-likeness (QED) is 0.463. The lowest BCUT2D eigenvalue weighted by atomic mass is 9.78. The van der Waals surface area contributed by atoms with Gasteiger partial charge < -0.3 is 18.9 Å². The minimum absolute atomic E-state index is 0.375. The summed E-state index contributed by atoms with van der Waals surface area (Å²) in [6.45, 7) is 0.471. The second kappa shape index (κ2) is 9.81. The number of rotatable bonds is 5. The highest BCUT2D eigenvalue weighted by atomic mass is 16.6. The number of ether oxygens (including phenoxy) is 4. The number of para-hydroxylation sites is 1. The zero-order valence-electron chi connectivity index (χ0n) is 20.9. The molecule has 7 nitrogen and oxygen atoms in total. The maximum Gasteiger partial charge on any atom is 0.417 e. The molecule has 3 heterocycles. The average molecular weight is 499 g/mol. The molecule has 1 amide bonds. The van der Waals surface area contributed by atoms with E-state index >= 15 is 0 Å². The number of fused-ring (bicyclic) bond motifs is 1.